The smallest absolute Gasteiger partial charge is 0.253 e. The van der Waals surface area contributed by atoms with Gasteiger partial charge in [-0.3, -0.25) is 4.79 Å². The van der Waals surface area contributed by atoms with E-state index in [1.165, 1.54) is 0 Å². The first-order valence-corrected chi connectivity index (χ1v) is 7.14. The predicted octanol–water partition coefficient (Wildman–Crippen LogP) is 3.59. The van der Waals surface area contributed by atoms with Gasteiger partial charge in [-0.1, -0.05) is 26.3 Å². The normalized spacial score (nSPS) is 13.7. The Morgan fingerprint density at radius 2 is 1.95 bits per heavy atom. The van der Waals surface area contributed by atoms with Gasteiger partial charge < -0.3 is 10.6 Å². The lowest BCUT2D eigenvalue weighted by molar-refractivity contribution is 0.0929. The molecule has 0 spiro atoms. The third kappa shape index (κ3) is 4.27. The Morgan fingerprint density at radius 1 is 1.26 bits per heavy atom. The molecule has 0 aliphatic carbocycles. The van der Waals surface area contributed by atoms with Crippen molar-refractivity contribution in [2.45, 2.75) is 47.1 Å². The first-order chi connectivity index (χ1) is 8.99. The summed E-state index contributed by atoms with van der Waals surface area (Å²) in [6.45, 7) is 11.2. The summed E-state index contributed by atoms with van der Waals surface area (Å²) >= 11 is 0. The molecule has 0 aliphatic heterocycles. The highest BCUT2D eigenvalue weighted by atomic mass is 16.1. The Labute approximate surface area is 116 Å². The number of amides is 1. The Morgan fingerprint density at radius 3 is 2.53 bits per heavy atom. The molecule has 19 heavy (non-hydrogen) atoms. The van der Waals surface area contributed by atoms with Crippen LogP contribution in [-0.2, 0) is 0 Å². The summed E-state index contributed by atoms with van der Waals surface area (Å²) in [7, 11) is 0. The molecule has 0 radical (unpaired) electrons. The molecular formula is C16H26N2O. The van der Waals surface area contributed by atoms with Gasteiger partial charge in [-0.2, -0.15) is 0 Å². The zero-order chi connectivity index (χ0) is 14.4. The Hall–Kier alpha value is -1.51. The summed E-state index contributed by atoms with van der Waals surface area (Å²) in [6.07, 6.45) is 1.06. The first kappa shape index (κ1) is 15.5. The van der Waals surface area contributed by atoms with E-state index < -0.39 is 0 Å². The minimum Gasteiger partial charge on any atom is -0.385 e. The number of rotatable bonds is 6. The molecule has 0 saturated heterocycles. The number of hydrogen-bond donors (Lipinski definition) is 2. The van der Waals surface area contributed by atoms with E-state index in [-0.39, 0.29) is 11.9 Å². The number of carbonyl (C=O) groups excluding carboxylic acids is 1. The second-order valence-corrected chi connectivity index (χ2v) is 5.23. The zero-order valence-corrected chi connectivity index (χ0v) is 12.7. The van der Waals surface area contributed by atoms with E-state index in [4.69, 9.17) is 0 Å². The van der Waals surface area contributed by atoms with Crippen molar-refractivity contribution < 1.29 is 4.79 Å². The fraction of sp³-hybridized carbons (Fsp3) is 0.562. The van der Waals surface area contributed by atoms with Gasteiger partial charge in [-0.25, -0.2) is 0 Å². The number of anilines is 1. The topological polar surface area (TPSA) is 41.1 Å². The largest absolute Gasteiger partial charge is 0.385 e. The van der Waals surface area contributed by atoms with Crippen molar-refractivity contribution >= 4 is 11.6 Å². The van der Waals surface area contributed by atoms with Gasteiger partial charge in [0.2, 0.25) is 0 Å². The van der Waals surface area contributed by atoms with Crippen LogP contribution in [0.2, 0.25) is 0 Å². The molecule has 1 amide bonds. The Kier molecular flexibility index (Phi) is 5.87. The van der Waals surface area contributed by atoms with Crippen LogP contribution in [0.5, 0.6) is 0 Å². The Bertz CT molecular complexity index is 429. The van der Waals surface area contributed by atoms with Crippen molar-refractivity contribution in [2.24, 2.45) is 5.92 Å². The molecule has 0 heterocycles. The maximum absolute atomic E-state index is 12.3. The van der Waals surface area contributed by atoms with Crippen molar-refractivity contribution in [1.29, 1.82) is 0 Å². The fourth-order valence-electron chi connectivity index (χ4n) is 1.97. The summed E-state index contributed by atoms with van der Waals surface area (Å²) in [4.78, 5) is 12.3. The van der Waals surface area contributed by atoms with Crippen molar-refractivity contribution in [3.05, 3.63) is 29.3 Å². The summed E-state index contributed by atoms with van der Waals surface area (Å²) in [6, 6.07) is 6.08. The number of aryl methyl sites for hydroxylation is 1. The van der Waals surface area contributed by atoms with E-state index in [0.29, 0.717) is 5.92 Å². The van der Waals surface area contributed by atoms with E-state index in [2.05, 4.69) is 31.4 Å². The molecule has 1 aromatic rings. The van der Waals surface area contributed by atoms with Crippen LogP contribution in [0.3, 0.4) is 0 Å². The molecule has 1 aromatic carbocycles. The maximum atomic E-state index is 12.3. The summed E-state index contributed by atoms with van der Waals surface area (Å²) in [5.41, 5.74) is 2.79. The van der Waals surface area contributed by atoms with Crippen LogP contribution in [0, 0.1) is 12.8 Å². The maximum Gasteiger partial charge on any atom is 0.253 e. The van der Waals surface area contributed by atoms with Crippen LogP contribution in [0.25, 0.3) is 0 Å². The van der Waals surface area contributed by atoms with Gasteiger partial charge >= 0.3 is 0 Å². The van der Waals surface area contributed by atoms with Gasteiger partial charge in [-0.15, -0.1) is 0 Å². The number of hydrogen-bond acceptors (Lipinski definition) is 2. The molecule has 0 saturated carbocycles. The highest BCUT2D eigenvalue weighted by molar-refractivity contribution is 5.99. The van der Waals surface area contributed by atoms with E-state index in [9.17, 15) is 4.79 Å². The average Bonchev–Trinajstić information content (AvgIpc) is 2.38. The second kappa shape index (κ2) is 7.17. The van der Waals surface area contributed by atoms with E-state index in [1.54, 1.807) is 0 Å². The number of nitrogens with one attached hydrogen (secondary N) is 2. The van der Waals surface area contributed by atoms with Crippen LogP contribution in [0.15, 0.2) is 18.2 Å². The molecule has 2 unspecified atom stereocenters. The summed E-state index contributed by atoms with van der Waals surface area (Å²) in [5, 5.41) is 6.34. The molecule has 0 aliphatic rings. The van der Waals surface area contributed by atoms with Gasteiger partial charge in [0.05, 0.1) is 5.56 Å². The molecule has 1 rings (SSSR count). The minimum absolute atomic E-state index is 0.00347. The van der Waals surface area contributed by atoms with E-state index in [1.807, 2.05) is 32.0 Å². The summed E-state index contributed by atoms with van der Waals surface area (Å²) < 4.78 is 0. The van der Waals surface area contributed by atoms with E-state index in [0.717, 1.165) is 29.8 Å². The molecule has 0 aromatic heterocycles. The molecule has 0 fully saturated rings. The fourth-order valence-corrected chi connectivity index (χ4v) is 1.97. The first-order valence-electron chi connectivity index (χ1n) is 7.14. The molecular weight excluding hydrogens is 236 g/mol. The van der Waals surface area contributed by atoms with Crippen molar-refractivity contribution in [2.75, 3.05) is 11.9 Å². The van der Waals surface area contributed by atoms with Gasteiger partial charge in [0, 0.05) is 18.3 Å². The third-order valence-corrected chi connectivity index (χ3v) is 3.64. The van der Waals surface area contributed by atoms with Gasteiger partial charge in [0.15, 0.2) is 0 Å². The van der Waals surface area contributed by atoms with Gasteiger partial charge in [-0.05, 0) is 44.4 Å². The summed E-state index contributed by atoms with van der Waals surface area (Å²) in [5.74, 6) is 0.487. The van der Waals surface area contributed by atoms with Crippen molar-refractivity contribution in [3.8, 4) is 0 Å². The highest BCUT2D eigenvalue weighted by Crippen LogP contribution is 2.18. The van der Waals surface area contributed by atoms with Crippen LogP contribution in [0.4, 0.5) is 5.69 Å². The van der Waals surface area contributed by atoms with Crippen LogP contribution in [-0.4, -0.2) is 18.5 Å². The molecule has 2 N–H and O–H groups in total. The lowest BCUT2D eigenvalue weighted by Crippen LogP contribution is -2.37. The molecule has 3 heteroatoms. The zero-order valence-electron chi connectivity index (χ0n) is 12.7. The van der Waals surface area contributed by atoms with Crippen molar-refractivity contribution in [3.63, 3.8) is 0 Å². The SMILES string of the molecule is CCNc1cc(C)ccc1C(=O)NC(C)C(C)CC. The second-order valence-electron chi connectivity index (χ2n) is 5.23. The molecule has 3 nitrogen and oxygen atoms in total. The third-order valence-electron chi connectivity index (χ3n) is 3.64. The quantitative estimate of drug-likeness (QED) is 0.822. The molecule has 2 atom stereocenters. The van der Waals surface area contributed by atoms with Crippen LogP contribution >= 0.6 is 0 Å². The standard InChI is InChI=1S/C16H26N2O/c1-6-12(4)13(5)18-16(19)14-9-8-11(3)10-15(14)17-7-2/h8-10,12-13,17H,6-7H2,1-5H3,(H,18,19). The number of benzene rings is 1. The van der Waals surface area contributed by atoms with Gasteiger partial charge in [0.1, 0.15) is 0 Å². The highest BCUT2D eigenvalue weighted by Gasteiger charge is 2.16. The average molecular weight is 262 g/mol. The lowest BCUT2D eigenvalue weighted by Gasteiger charge is -2.21. The van der Waals surface area contributed by atoms with Gasteiger partial charge in [0.25, 0.3) is 5.91 Å². The predicted molar refractivity (Wildman–Crippen MR) is 81.7 cm³/mol. The van der Waals surface area contributed by atoms with Crippen LogP contribution in [0.1, 0.15) is 50.0 Å². The van der Waals surface area contributed by atoms with Crippen molar-refractivity contribution in [1.82, 2.24) is 5.32 Å². The molecule has 0 bridgehead atoms. The Balaban J connectivity index is 2.87. The lowest BCUT2D eigenvalue weighted by atomic mass is 10.00. The van der Waals surface area contributed by atoms with Crippen LogP contribution < -0.4 is 10.6 Å². The minimum atomic E-state index is 0.00347. The monoisotopic (exact) mass is 262 g/mol. The van der Waals surface area contributed by atoms with E-state index >= 15 is 0 Å². The number of carbonyl (C=O) groups is 1. The molecule has 106 valence electrons.